The molecule has 0 unspecified atom stereocenters. The summed E-state index contributed by atoms with van der Waals surface area (Å²) in [4.78, 5) is 4.32. The van der Waals surface area contributed by atoms with E-state index in [1.807, 2.05) is 54.6 Å². The van der Waals surface area contributed by atoms with E-state index in [-0.39, 0.29) is 6.10 Å². The fourth-order valence-corrected chi connectivity index (χ4v) is 2.90. The van der Waals surface area contributed by atoms with Crippen molar-refractivity contribution in [2.75, 3.05) is 6.61 Å². The fraction of sp³-hybridized carbons (Fsp3) is 0.150. The maximum Gasteiger partial charge on any atom is 0.227 e. The zero-order valence-corrected chi connectivity index (χ0v) is 14.1. The standard InChI is InChI=1S/C20H16ClNO3/c21-15-8-4-9-16(12-15)24-19-17(10-5-11-22-19)20-23-13-18(25-20)14-6-2-1-3-7-14/h1-12,18,20H,13H2/t18-,20-/m0/s1. The molecule has 0 spiro atoms. The molecule has 2 aromatic carbocycles. The molecule has 0 saturated carbocycles. The Kier molecular flexibility index (Phi) is 4.65. The van der Waals surface area contributed by atoms with Crippen LogP contribution in [0.5, 0.6) is 11.6 Å². The van der Waals surface area contributed by atoms with E-state index in [1.165, 1.54) is 0 Å². The van der Waals surface area contributed by atoms with Crippen LogP contribution in [0.3, 0.4) is 0 Å². The summed E-state index contributed by atoms with van der Waals surface area (Å²) in [5.74, 6) is 1.06. The van der Waals surface area contributed by atoms with E-state index >= 15 is 0 Å². The van der Waals surface area contributed by atoms with Crippen molar-refractivity contribution in [1.29, 1.82) is 0 Å². The number of aromatic nitrogens is 1. The molecule has 5 heteroatoms. The number of pyridine rings is 1. The van der Waals surface area contributed by atoms with E-state index in [1.54, 1.807) is 18.3 Å². The van der Waals surface area contributed by atoms with Crippen LogP contribution in [0, 0.1) is 0 Å². The van der Waals surface area contributed by atoms with Crippen molar-refractivity contribution in [2.24, 2.45) is 0 Å². The molecule has 0 N–H and O–H groups in total. The Morgan fingerprint density at radius 3 is 2.72 bits per heavy atom. The number of hydrogen-bond acceptors (Lipinski definition) is 4. The molecule has 1 aliphatic heterocycles. The Hall–Kier alpha value is -2.40. The van der Waals surface area contributed by atoms with E-state index in [4.69, 9.17) is 25.8 Å². The number of ether oxygens (including phenoxy) is 3. The van der Waals surface area contributed by atoms with Crippen LogP contribution in [0.25, 0.3) is 0 Å². The maximum absolute atomic E-state index is 6.07. The molecule has 1 saturated heterocycles. The van der Waals surface area contributed by atoms with E-state index in [9.17, 15) is 0 Å². The summed E-state index contributed by atoms with van der Waals surface area (Å²) >= 11 is 6.02. The minimum absolute atomic E-state index is 0.106. The van der Waals surface area contributed by atoms with Gasteiger partial charge in [-0.15, -0.1) is 0 Å². The largest absolute Gasteiger partial charge is 0.438 e. The third kappa shape index (κ3) is 3.66. The fourth-order valence-electron chi connectivity index (χ4n) is 2.72. The van der Waals surface area contributed by atoms with E-state index in [0.29, 0.717) is 23.3 Å². The smallest absolute Gasteiger partial charge is 0.227 e. The maximum atomic E-state index is 6.07. The van der Waals surface area contributed by atoms with Gasteiger partial charge in [0.25, 0.3) is 0 Å². The average Bonchev–Trinajstić information content (AvgIpc) is 3.13. The number of rotatable bonds is 4. The zero-order chi connectivity index (χ0) is 17.1. The first-order valence-electron chi connectivity index (χ1n) is 8.00. The number of hydrogen-bond donors (Lipinski definition) is 0. The van der Waals surface area contributed by atoms with Crippen molar-refractivity contribution >= 4 is 11.6 Å². The van der Waals surface area contributed by atoms with E-state index < -0.39 is 6.29 Å². The van der Waals surface area contributed by atoms with Gasteiger partial charge in [0.05, 0.1) is 12.2 Å². The van der Waals surface area contributed by atoms with Crippen molar-refractivity contribution in [3.63, 3.8) is 0 Å². The highest BCUT2D eigenvalue weighted by atomic mass is 35.5. The molecule has 2 atom stereocenters. The molecule has 4 rings (SSSR count). The molecule has 0 amide bonds. The van der Waals surface area contributed by atoms with Gasteiger partial charge in [-0.3, -0.25) is 0 Å². The average molecular weight is 354 g/mol. The molecule has 0 radical (unpaired) electrons. The van der Waals surface area contributed by atoms with Crippen molar-refractivity contribution in [3.8, 4) is 11.6 Å². The van der Waals surface area contributed by atoms with Crippen LogP contribution in [-0.2, 0) is 9.47 Å². The van der Waals surface area contributed by atoms with Gasteiger partial charge in [0.1, 0.15) is 11.9 Å². The Balaban J connectivity index is 1.55. The molecule has 126 valence electrons. The van der Waals surface area contributed by atoms with Crippen LogP contribution in [-0.4, -0.2) is 11.6 Å². The molecule has 4 nitrogen and oxygen atoms in total. The summed E-state index contributed by atoms with van der Waals surface area (Å²) in [7, 11) is 0. The minimum Gasteiger partial charge on any atom is -0.438 e. The highest BCUT2D eigenvalue weighted by molar-refractivity contribution is 6.30. The monoisotopic (exact) mass is 353 g/mol. The lowest BCUT2D eigenvalue weighted by atomic mass is 10.1. The van der Waals surface area contributed by atoms with Crippen LogP contribution in [0.4, 0.5) is 0 Å². The summed E-state index contributed by atoms with van der Waals surface area (Å²) in [6, 6.07) is 20.9. The molecular formula is C20H16ClNO3. The topological polar surface area (TPSA) is 40.6 Å². The van der Waals surface area contributed by atoms with Gasteiger partial charge in [0.2, 0.25) is 5.88 Å². The first-order chi connectivity index (χ1) is 12.3. The zero-order valence-electron chi connectivity index (χ0n) is 13.3. The molecular weight excluding hydrogens is 338 g/mol. The van der Waals surface area contributed by atoms with Crippen LogP contribution < -0.4 is 4.74 Å². The Morgan fingerprint density at radius 2 is 1.88 bits per heavy atom. The second-order valence-corrected chi connectivity index (χ2v) is 6.09. The lowest BCUT2D eigenvalue weighted by Crippen LogP contribution is -2.03. The van der Waals surface area contributed by atoms with Crippen molar-refractivity contribution in [1.82, 2.24) is 4.98 Å². The quantitative estimate of drug-likeness (QED) is 0.637. The minimum atomic E-state index is -0.520. The second kappa shape index (κ2) is 7.23. The van der Waals surface area contributed by atoms with Gasteiger partial charge < -0.3 is 14.2 Å². The van der Waals surface area contributed by atoms with E-state index in [2.05, 4.69) is 4.98 Å². The number of nitrogens with zero attached hydrogens (tertiary/aromatic N) is 1. The van der Waals surface area contributed by atoms with Gasteiger partial charge in [-0.1, -0.05) is 48.0 Å². The first kappa shape index (κ1) is 16.1. The summed E-state index contributed by atoms with van der Waals surface area (Å²) in [5.41, 5.74) is 1.84. The van der Waals surface area contributed by atoms with Gasteiger partial charge in [-0.25, -0.2) is 4.98 Å². The molecule has 25 heavy (non-hydrogen) atoms. The summed E-state index contributed by atoms with van der Waals surface area (Å²) < 4.78 is 17.8. The molecule has 0 aliphatic carbocycles. The van der Waals surface area contributed by atoms with Crippen LogP contribution in [0.15, 0.2) is 72.9 Å². The molecule has 1 fully saturated rings. The Labute approximate surface area is 150 Å². The normalized spacial score (nSPS) is 19.7. The lowest BCUT2D eigenvalue weighted by Gasteiger charge is -2.15. The SMILES string of the molecule is Clc1cccc(Oc2ncccc2[C@H]2OC[C@@H](c3ccccc3)O2)c1. The molecule has 3 aromatic rings. The van der Waals surface area contributed by atoms with Gasteiger partial charge >= 0.3 is 0 Å². The van der Waals surface area contributed by atoms with Crippen LogP contribution in [0.1, 0.15) is 23.5 Å². The lowest BCUT2D eigenvalue weighted by molar-refractivity contribution is -0.0620. The van der Waals surface area contributed by atoms with Gasteiger partial charge in [0, 0.05) is 11.2 Å². The predicted octanol–water partition coefficient (Wildman–Crippen LogP) is 5.31. The van der Waals surface area contributed by atoms with Crippen molar-refractivity contribution in [2.45, 2.75) is 12.4 Å². The van der Waals surface area contributed by atoms with Gasteiger partial charge in [-0.2, -0.15) is 0 Å². The van der Waals surface area contributed by atoms with E-state index in [0.717, 1.165) is 11.1 Å². The highest BCUT2D eigenvalue weighted by Crippen LogP contribution is 2.39. The highest BCUT2D eigenvalue weighted by Gasteiger charge is 2.31. The third-order valence-electron chi connectivity index (χ3n) is 3.92. The van der Waals surface area contributed by atoms with Gasteiger partial charge in [0.15, 0.2) is 6.29 Å². The van der Waals surface area contributed by atoms with Crippen LogP contribution >= 0.6 is 11.6 Å². The molecule has 2 heterocycles. The van der Waals surface area contributed by atoms with Crippen molar-refractivity contribution in [3.05, 3.63) is 89.1 Å². The summed E-state index contributed by atoms with van der Waals surface area (Å²) in [6.45, 7) is 0.486. The Bertz CT molecular complexity index is 856. The number of halogens is 1. The summed E-state index contributed by atoms with van der Waals surface area (Å²) in [6.07, 6.45) is 1.05. The molecule has 1 aromatic heterocycles. The van der Waals surface area contributed by atoms with Crippen LogP contribution in [0.2, 0.25) is 5.02 Å². The number of benzene rings is 2. The second-order valence-electron chi connectivity index (χ2n) is 5.66. The van der Waals surface area contributed by atoms with Crippen molar-refractivity contribution < 1.29 is 14.2 Å². The third-order valence-corrected chi connectivity index (χ3v) is 4.16. The van der Waals surface area contributed by atoms with Gasteiger partial charge in [-0.05, 0) is 35.9 Å². The molecule has 0 bridgehead atoms. The first-order valence-corrected chi connectivity index (χ1v) is 8.38. The molecule has 1 aliphatic rings. The Morgan fingerprint density at radius 1 is 1.00 bits per heavy atom. The predicted molar refractivity (Wildman–Crippen MR) is 94.7 cm³/mol. The summed E-state index contributed by atoms with van der Waals surface area (Å²) in [5, 5.41) is 0.604.